The number of aromatic nitrogens is 2. The van der Waals surface area contributed by atoms with Gasteiger partial charge in [0.1, 0.15) is 6.42 Å². The van der Waals surface area contributed by atoms with Crippen molar-refractivity contribution in [3.63, 3.8) is 0 Å². The van der Waals surface area contributed by atoms with E-state index in [4.69, 9.17) is 4.52 Å². The standard InChI is InChI=1S/C17H22N4O3/c1-10(2)17-20-16(24-21-17)9-18-14(22)8-15(23)19-13-7-11(3)5-6-12(13)4/h5-7,10H,8-9H2,1-4H3,(H,18,22)(H,19,23). The molecular formula is C17H22N4O3. The molecule has 0 aliphatic heterocycles. The molecule has 0 radical (unpaired) electrons. The van der Waals surface area contributed by atoms with Gasteiger partial charge in [-0.15, -0.1) is 0 Å². The minimum atomic E-state index is -0.401. The van der Waals surface area contributed by atoms with Crippen LogP contribution in [0.5, 0.6) is 0 Å². The highest BCUT2D eigenvalue weighted by Crippen LogP contribution is 2.16. The highest BCUT2D eigenvalue weighted by Gasteiger charge is 2.13. The van der Waals surface area contributed by atoms with Gasteiger partial charge in [-0.05, 0) is 31.0 Å². The van der Waals surface area contributed by atoms with Crippen molar-refractivity contribution in [1.29, 1.82) is 0 Å². The number of hydrogen-bond donors (Lipinski definition) is 2. The molecular weight excluding hydrogens is 308 g/mol. The lowest BCUT2D eigenvalue weighted by Crippen LogP contribution is -2.28. The minimum Gasteiger partial charge on any atom is -0.347 e. The summed E-state index contributed by atoms with van der Waals surface area (Å²) in [4.78, 5) is 28.0. The number of nitrogens with one attached hydrogen (secondary N) is 2. The normalized spacial score (nSPS) is 10.7. The molecule has 0 aliphatic carbocycles. The van der Waals surface area contributed by atoms with Crippen molar-refractivity contribution < 1.29 is 14.1 Å². The van der Waals surface area contributed by atoms with Crippen LogP contribution in [0.1, 0.15) is 49.0 Å². The zero-order valence-corrected chi connectivity index (χ0v) is 14.3. The van der Waals surface area contributed by atoms with Gasteiger partial charge in [0.15, 0.2) is 5.82 Å². The molecule has 2 amide bonds. The van der Waals surface area contributed by atoms with Crippen LogP contribution in [-0.2, 0) is 16.1 Å². The second kappa shape index (κ2) is 7.72. The van der Waals surface area contributed by atoms with Gasteiger partial charge in [-0.2, -0.15) is 4.98 Å². The number of amides is 2. The number of nitrogens with zero attached hydrogens (tertiary/aromatic N) is 2. The van der Waals surface area contributed by atoms with Crippen LogP contribution in [0, 0.1) is 13.8 Å². The maximum Gasteiger partial charge on any atom is 0.246 e. The van der Waals surface area contributed by atoms with E-state index in [0.717, 1.165) is 11.1 Å². The van der Waals surface area contributed by atoms with Crippen molar-refractivity contribution >= 4 is 17.5 Å². The fourth-order valence-corrected chi connectivity index (χ4v) is 2.02. The van der Waals surface area contributed by atoms with E-state index in [-0.39, 0.29) is 24.8 Å². The van der Waals surface area contributed by atoms with E-state index in [2.05, 4.69) is 20.8 Å². The maximum atomic E-state index is 12.0. The lowest BCUT2D eigenvalue weighted by atomic mass is 10.1. The van der Waals surface area contributed by atoms with Gasteiger partial charge in [-0.3, -0.25) is 9.59 Å². The van der Waals surface area contributed by atoms with E-state index in [1.807, 2.05) is 45.9 Å². The van der Waals surface area contributed by atoms with E-state index >= 15 is 0 Å². The summed E-state index contributed by atoms with van der Waals surface area (Å²) in [6.07, 6.45) is -0.265. The molecule has 7 heteroatoms. The van der Waals surface area contributed by atoms with Gasteiger partial charge >= 0.3 is 0 Å². The van der Waals surface area contributed by atoms with E-state index < -0.39 is 5.91 Å². The van der Waals surface area contributed by atoms with Crippen LogP contribution in [0.3, 0.4) is 0 Å². The molecule has 1 aromatic carbocycles. The molecule has 0 bridgehead atoms. The van der Waals surface area contributed by atoms with Crippen LogP contribution < -0.4 is 10.6 Å². The highest BCUT2D eigenvalue weighted by molar-refractivity contribution is 6.03. The zero-order chi connectivity index (χ0) is 17.7. The van der Waals surface area contributed by atoms with E-state index in [0.29, 0.717) is 17.4 Å². The van der Waals surface area contributed by atoms with Crippen molar-refractivity contribution in [3.05, 3.63) is 41.0 Å². The largest absolute Gasteiger partial charge is 0.347 e. The molecule has 7 nitrogen and oxygen atoms in total. The SMILES string of the molecule is Cc1ccc(C)c(NC(=O)CC(=O)NCc2nc(C(C)C)no2)c1. The Morgan fingerprint density at radius 2 is 1.96 bits per heavy atom. The Bertz CT molecular complexity index is 737. The Kier molecular flexibility index (Phi) is 5.68. The molecule has 1 aromatic heterocycles. The molecule has 0 unspecified atom stereocenters. The van der Waals surface area contributed by atoms with Gasteiger partial charge in [0.25, 0.3) is 0 Å². The van der Waals surface area contributed by atoms with Crippen LogP contribution in [0.4, 0.5) is 5.69 Å². The average Bonchev–Trinajstić information content (AvgIpc) is 2.98. The Hall–Kier alpha value is -2.70. The molecule has 2 N–H and O–H groups in total. The first kappa shape index (κ1) is 17.7. The summed E-state index contributed by atoms with van der Waals surface area (Å²) in [5.41, 5.74) is 2.70. The van der Waals surface area contributed by atoms with Crippen LogP contribution in [0.15, 0.2) is 22.7 Å². The summed E-state index contributed by atoms with van der Waals surface area (Å²) in [6.45, 7) is 7.85. The van der Waals surface area contributed by atoms with Gasteiger partial charge in [-0.25, -0.2) is 0 Å². The number of benzene rings is 1. The Balaban J connectivity index is 1.83. The predicted molar refractivity (Wildman–Crippen MR) is 89.4 cm³/mol. The molecule has 0 saturated carbocycles. The number of hydrogen-bond acceptors (Lipinski definition) is 5. The average molecular weight is 330 g/mol. The van der Waals surface area contributed by atoms with Gasteiger partial charge < -0.3 is 15.2 Å². The lowest BCUT2D eigenvalue weighted by molar-refractivity contribution is -0.127. The van der Waals surface area contributed by atoms with Crippen LogP contribution in [0.25, 0.3) is 0 Å². The van der Waals surface area contributed by atoms with E-state index in [1.165, 1.54) is 0 Å². The summed E-state index contributed by atoms with van der Waals surface area (Å²) < 4.78 is 5.03. The van der Waals surface area contributed by atoms with Gasteiger partial charge in [0.2, 0.25) is 17.7 Å². The number of carbonyl (C=O) groups excluding carboxylic acids is 2. The molecule has 0 saturated heterocycles. The fourth-order valence-electron chi connectivity index (χ4n) is 2.02. The Morgan fingerprint density at radius 1 is 1.21 bits per heavy atom. The monoisotopic (exact) mass is 330 g/mol. The van der Waals surface area contributed by atoms with Crippen molar-refractivity contribution in [2.45, 2.75) is 46.6 Å². The molecule has 24 heavy (non-hydrogen) atoms. The summed E-state index contributed by atoms with van der Waals surface area (Å²) in [5, 5.41) is 9.16. The number of anilines is 1. The molecule has 0 fully saturated rings. The number of aryl methyl sites for hydroxylation is 2. The maximum absolute atomic E-state index is 12.0. The van der Waals surface area contributed by atoms with Gasteiger partial charge in [0, 0.05) is 11.6 Å². The predicted octanol–water partition coefficient (Wildman–Crippen LogP) is 2.45. The number of rotatable bonds is 6. The summed E-state index contributed by atoms with van der Waals surface area (Å²) in [7, 11) is 0. The fraction of sp³-hybridized carbons (Fsp3) is 0.412. The third-order valence-corrected chi connectivity index (χ3v) is 3.43. The molecule has 0 aliphatic rings. The third kappa shape index (κ3) is 4.91. The molecule has 128 valence electrons. The summed E-state index contributed by atoms with van der Waals surface area (Å²) in [6, 6.07) is 5.76. The summed E-state index contributed by atoms with van der Waals surface area (Å²) in [5.74, 6) is 0.298. The second-order valence-electron chi connectivity index (χ2n) is 6.02. The first-order chi connectivity index (χ1) is 11.3. The van der Waals surface area contributed by atoms with Crippen molar-refractivity contribution in [2.24, 2.45) is 0 Å². The topological polar surface area (TPSA) is 97.1 Å². The highest BCUT2D eigenvalue weighted by atomic mass is 16.5. The van der Waals surface area contributed by atoms with Crippen molar-refractivity contribution in [3.8, 4) is 0 Å². The second-order valence-corrected chi connectivity index (χ2v) is 6.02. The first-order valence-corrected chi connectivity index (χ1v) is 7.81. The third-order valence-electron chi connectivity index (χ3n) is 3.43. The zero-order valence-electron chi connectivity index (χ0n) is 14.3. The molecule has 2 aromatic rings. The van der Waals surface area contributed by atoms with Crippen LogP contribution in [-0.4, -0.2) is 22.0 Å². The first-order valence-electron chi connectivity index (χ1n) is 7.81. The smallest absolute Gasteiger partial charge is 0.246 e. The van der Waals surface area contributed by atoms with Gasteiger partial charge in [-0.1, -0.05) is 31.1 Å². The Labute approximate surface area is 140 Å². The molecule has 2 rings (SSSR count). The molecule has 1 heterocycles. The molecule has 0 spiro atoms. The van der Waals surface area contributed by atoms with Crippen LogP contribution in [0.2, 0.25) is 0 Å². The van der Waals surface area contributed by atoms with Crippen molar-refractivity contribution in [2.75, 3.05) is 5.32 Å². The quantitative estimate of drug-likeness (QED) is 0.793. The van der Waals surface area contributed by atoms with E-state index in [9.17, 15) is 9.59 Å². The lowest BCUT2D eigenvalue weighted by Gasteiger charge is -2.09. The minimum absolute atomic E-state index is 0.106. The molecule has 0 atom stereocenters. The van der Waals surface area contributed by atoms with E-state index in [1.54, 1.807) is 0 Å². The summed E-state index contributed by atoms with van der Waals surface area (Å²) >= 11 is 0. The van der Waals surface area contributed by atoms with Crippen molar-refractivity contribution in [1.82, 2.24) is 15.5 Å². The van der Waals surface area contributed by atoms with Gasteiger partial charge in [0.05, 0.1) is 6.54 Å². The number of carbonyl (C=O) groups is 2. The Morgan fingerprint density at radius 3 is 2.62 bits per heavy atom. The van der Waals surface area contributed by atoms with Crippen LogP contribution >= 0.6 is 0 Å².